The van der Waals surface area contributed by atoms with E-state index in [-0.39, 0.29) is 11.8 Å². The summed E-state index contributed by atoms with van der Waals surface area (Å²) in [6, 6.07) is 44.1. The van der Waals surface area contributed by atoms with Crippen LogP contribution in [0.15, 0.2) is 181 Å². The van der Waals surface area contributed by atoms with Gasteiger partial charge in [-0.1, -0.05) is 97.1 Å². The first-order valence-electron chi connectivity index (χ1n) is 18.9. The smallest absolute Gasteiger partial charge is 0.343 e. The molecule has 272 valence electrons. The van der Waals surface area contributed by atoms with Crippen molar-refractivity contribution >= 4 is 44.3 Å². The largest absolute Gasteiger partial charge is 0.497 e. The maximum absolute atomic E-state index is 5.68. The predicted octanol–water partition coefficient (Wildman–Crippen LogP) is 11.5. The van der Waals surface area contributed by atoms with Crippen molar-refractivity contribution in [3.8, 4) is 22.6 Å². The lowest BCUT2D eigenvalue weighted by Crippen LogP contribution is -2.23. The molecule has 0 saturated heterocycles. The van der Waals surface area contributed by atoms with Crippen LogP contribution in [0, 0.1) is 0 Å². The Morgan fingerprint density at radius 3 is 1.16 bits per heavy atom. The van der Waals surface area contributed by atoms with E-state index in [0.29, 0.717) is 0 Å². The number of hydrogen-bond donors (Lipinski definition) is 0. The van der Waals surface area contributed by atoms with Crippen molar-refractivity contribution < 1.29 is 18.3 Å². The highest BCUT2D eigenvalue weighted by molar-refractivity contribution is 6.12. The highest BCUT2D eigenvalue weighted by Gasteiger charge is 2.42. The fourth-order valence-corrected chi connectivity index (χ4v) is 8.79. The number of benzene rings is 6. The molecule has 0 unspecified atom stereocenters. The molecule has 3 aliphatic carbocycles. The summed E-state index contributed by atoms with van der Waals surface area (Å²) in [5.41, 5.74) is 12.0. The minimum Gasteiger partial charge on any atom is -0.497 e. The number of methoxy groups -OCH3 is 2. The molecule has 3 aliphatic rings. The molecule has 0 N–H and O–H groups in total. The number of ether oxygens (including phenoxy) is 2. The molecule has 0 saturated carbocycles. The van der Waals surface area contributed by atoms with Gasteiger partial charge in [-0.2, -0.15) is 0 Å². The number of allylic oxidation sites excluding steroid dienone is 12. The van der Waals surface area contributed by atoms with E-state index >= 15 is 0 Å². The van der Waals surface area contributed by atoms with Gasteiger partial charge in [0.1, 0.15) is 11.5 Å². The summed E-state index contributed by atoms with van der Waals surface area (Å²) in [6.07, 6.45) is 17.1. The van der Waals surface area contributed by atoms with E-state index < -0.39 is 0 Å². The summed E-state index contributed by atoms with van der Waals surface area (Å²) in [5.74, 6) is 2.99. The maximum atomic E-state index is 5.68. The summed E-state index contributed by atoms with van der Waals surface area (Å²) in [5, 5.41) is 4.91. The Morgan fingerprint density at radius 1 is 0.429 bits per heavy atom. The van der Waals surface area contributed by atoms with Gasteiger partial charge < -0.3 is 9.47 Å². The van der Waals surface area contributed by atoms with E-state index in [4.69, 9.17) is 18.3 Å². The van der Waals surface area contributed by atoms with E-state index in [1.54, 1.807) is 28.4 Å². The van der Waals surface area contributed by atoms with Gasteiger partial charge in [0.25, 0.3) is 14.2 Å². The molecule has 6 aromatic rings. The molecule has 0 aliphatic heterocycles. The van der Waals surface area contributed by atoms with Crippen LogP contribution in [0.1, 0.15) is 34.1 Å². The van der Waals surface area contributed by atoms with Gasteiger partial charge in [0.2, 0.25) is 0 Å². The average Bonchev–Trinajstić information content (AvgIpc) is 3.27. The molecule has 9 rings (SSSR count). The molecule has 0 fully saturated rings. The monoisotopic (exact) mass is 730 g/mol. The van der Waals surface area contributed by atoms with E-state index in [2.05, 4.69) is 170 Å². The van der Waals surface area contributed by atoms with Crippen molar-refractivity contribution in [1.82, 2.24) is 0 Å². The number of ketones is 2. The molecule has 56 heavy (non-hydrogen) atoms. The molecule has 4 nitrogen and oxygen atoms in total. The predicted molar refractivity (Wildman–Crippen MR) is 231 cm³/mol. The van der Waals surface area contributed by atoms with Crippen LogP contribution in [0.2, 0.25) is 0 Å². The van der Waals surface area contributed by atoms with Crippen LogP contribution in [0.4, 0.5) is 0 Å². The number of carbonyl (C=O) groups excluding carboxylic acids is 2. The molecule has 0 bridgehead atoms. The Labute approximate surface area is 327 Å². The summed E-state index contributed by atoms with van der Waals surface area (Å²) >= 11 is 0. The molecule has 2 atom stereocenters. The number of fused-ring (bicyclic) bond motifs is 7. The zero-order valence-corrected chi connectivity index (χ0v) is 32.0. The van der Waals surface area contributed by atoms with Gasteiger partial charge in [0, 0.05) is 36.1 Å². The molecular formula is C52H42O4+2. The zero-order valence-electron chi connectivity index (χ0n) is 32.0. The SMILES string of the molecule is COc1ccc(C(=C2C=CC(=[O+]C)C=C2)[C@H]2c3ccc4ccccc4c3-c3c(ccc4ccccc34)[C@@H]2C(=C2C=CC(=[O+]C)C=C2)c2ccc(OC)cc2)cc1. The summed E-state index contributed by atoms with van der Waals surface area (Å²) < 4.78 is 22.7. The Balaban J connectivity index is 1.46. The first-order valence-corrected chi connectivity index (χ1v) is 18.9. The van der Waals surface area contributed by atoms with Crippen LogP contribution < -0.4 is 9.47 Å². The maximum Gasteiger partial charge on any atom is 0.343 e. The van der Waals surface area contributed by atoms with Gasteiger partial charge in [0.05, 0.1) is 14.2 Å². The third-order valence-electron chi connectivity index (χ3n) is 11.4. The molecule has 0 spiro atoms. The quantitative estimate of drug-likeness (QED) is 0.160. The second-order valence-electron chi connectivity index (χ2n) is 14.2. The molecule has 6 aromatic carbocycles. The van der Waals surface area contributed by atoms with E-state index in [1.807, 2.05) is 0 Å². The normalized spacial score (nSPS) is 16.9. The number of rotatable bonds is 6. The lowest BCUT2D eigenvalue weighted by atomic mass is 9.61. The van der Waals surface area contributed by atoms with Crippen LogP contribution in [-0.2, 0) is 8.85 Å². The molecule has 0 heterocycles. The second-order valence-corrected chi connectivity index (χ2v) is 14.2. The van der Waals surface area contributed by atoms with E-state index in [9.17, 15) is 0 Å². The topological polar surface area (TPSA) is 41.1 Å². The van der Waals surface area contributed by atoms with Crippen LogP contribution >= 0.6 is 0 Å². The lowest BCUT2D eigenvalue weighted by Gasteiger charge is -2.41. The van der Waals surface area contributed by atoms with Gasteiger partial charge in [-0.15, -0.1) is 0 Å². The third-order valence-corrected chi connectivity index (χ3v) is 11.4. The molecule has 0 aromatic heterocycles. The van der Waals surface area contributed by atoms with Crippen molar-refractivity contribution in [2.75, 3.05) is 28.4 Å². The summed E-state index contributed by atoms with van der Waals surface area (Å²) in [6.45, 7) is 0. The Kier molecular flexibility index (Phi) is 9.24. The van der Waals surface area contributed by atoms with Gasteiger partial charge in [-0.05, 0) is 126 Å². The zero-order chi connectivity index (χ0) is 38.2. The molecule has 0 radical (unpaired) electrons. The first-order chi connectivity index (χ1) is 27.6. The van der Waals surface area contributed by atoms with Gasteiger partial charge in [-0.25, -0.2) is 0 Å². The average molecular weight is 731 g/mol. The molecule has 4 heteroatoms. The highest BCUT2D eigenvalue weighted by atomic mass is 16.5. The highest BCUT2D eigenvalue weighted by Crippen LogP contribution is 2.60. The lowest BCUT2D eigenvalue weighted by molar-refractivity contribution is -0.418. The molecular weight excluding hydrogens is 689 g/mol. The minimum absolute atomic E-state index is 0.135. The Bertz CT molecular complexity index is 2540. The van der Waals surface area contributed by atoms with Crippen LogP contribution in [0.25, 0.3) is 43.8 Å². The number of hydrogen-bond acceptors (Lipinski definition) is 2. The second kappa shape index (κ2) is 14.8. The van der Waals surface area contributed by atoms with Crippen molar-refractivity contribution in [2.24, 2.45) is 0 Å². The third kappa shape index (κ3) is 6.04. The van der Waals surface area contributed by atoms with Crippen molar-refractivity contribution in [1.29, 1.82) is 0 Å². The minimum atomic E-state index is -0.135. The van der Waals surface area contributed by atoms with Crippen molar-refractivity contribution in [2.45, 2.75) is 11.8 Å². The van der Waals surface area contributed by atoms with Gasteiger partial charge in [-0.3, -0.25) is 8.85 Å². The Hall–Kier alpha value is -6.78. The van der Waals surface area contributed by atoms with Gasteiger partial charge >= 0.3 is 11.6 Å². The van der Waals surface area contributed by atoms with Crippen LogP contribution in [-0.4, -0.2) is 40.0 Å². The fraction of sp³-hybridized carbons (Fsp3) is 0.115. The van der Waals surface area contributed by atoms with Gasteiger partial charge in [0.15, 0.2) is 0 Å². The van der Waals surface area contributed by atoms with E-state index in [0.717, 1.165) is 45.3 Å². The standard InChI is InChI=1S/C52H42O4/c1-53-39-23-13-35(14-24-39)47(36-15-25-40(54-2)26-16-36)51-45-31-21-33-9-5-7-11-43(33)49(45)50-44-12-8-6-10-34(44)22-32-46(50)52(51)48(37-17-27-41(55-3)28-18-37)38-19-29-42(56-4)30-20-38/h5-32,51-52H,1-4H3/q+2/t51-,52-/m1/s1. The van der Waals surface area contributed by atoms with Crippen molar-refractivity contribution in [3.05, 3.63) is 203 Å². The summed E-state index contributed by atoms with van der Waals surface area (Å²) in [4.78, 5) is 0. The van der Waals surface area contributed by atoms with Crippen molar-refractivity contribution in [3.63, 3.8) is 0 Å². The van der Waals surface area contributed by atoms with E-state index in [1.165, 1.54) is 54.9 Å². The van der Waals surface area contributed by atoms with Crippen LogP contribution in [0.5, 0.6) is 11.5 Å². The molecule has 0 amide bonds. The first kappa shape index (κ1) is 35.0. The summed E-state index contributed by atoms with van der Waals surface area (Å²) in [7, 11) is 6.86. The fourth-order valence-electron chi connectivity index (χ4n) is 8.79. The van der Waals surface area contributed by atoms with Crippen LogP contribution in [0.3, 0.4) is 0 Å². The Morgan fingerprint density at radius 2 is 0.804 bits per heavy atom.